The number of rotatable bonds is 9. The van der Waals surface area contributed by atoms with Crippen molar-refractivity contribution in [2.45, 2.75) is 33.1 Å². The van der Waals surface area contributed by atoms with E-state index in [1.54, 1.807) is 0 Å². The van der Waals surface area contributed by atoms with E-state index in [-0.39, 0.29) is 13.2 Å². The Morgan fingerprint density at radius 2 is 1.13 bits per heavy atom. The summed E-state index contributed by atoms with van der Waals surface area (Å²) in [5.41, 5.74) is 0. The average molecular weight is 220 g/mol. The highest BCUT2D eigenvalue weighted by atomic mass is 16.3. The van der Waals surface area contributed by atoms with Gasteiger partial charge in [-0.2, -0.15) is 0 Å². The van der Waals surface area contributed by atoms with Gasteiger partial charge in [0.25, 0.3) is 0 Å². The second kappa shape index (κ2) is 19.4. The molecule has 94 valence electrons. The summed E-state index contributed by atoms with van der Waals surface area (Å²) in [5.74, 6) is 0. The van der Waals surface area contributed by atoms with Gasteiger partial charge in [0.1, 0.15) is 0 Å². The molecule has 0 saturated carbocycles. The summed E-state index contributed by atoms with van der Waals surface area (Å²) in [6, 6.07) is 0. The lowest BCUT2D eigenvalue weighted by Gasteiger charge is -2.03. The molecule has 0 aliphatic heterocycles. The molecule has 4 heteroatoms. The van der Waals surface area contributed by atoms with E-state index >= 15 is 0 Å². The number of hydrogen-bond donors (Lipinski definition) is 4. The third-order valence-electron chi connectivity index (χ3n) is 1.66. The van der Waals surface area contributed by atoms with E-state index in [4.69, 9.17) is 10.2 Å². The molecule has 4 nitrogen and oxygen atoms in total. The molecule has 0 saturated heterocycles. The van der Waals surface area contributed by atoms with Gasteiger partial charge < -0.3 is 20.8 Å². The minimum Gasteiger partial charge on any atom is -0.394 e. The van der Waals surface area contributed by atoms with Crippen molar-refractivity contribution in [1.29, 1.82) is 0 Å². The van der Waals surface area contributed by atoms with Gasteiger partial charge in [0.2, 0.25) is 0 Å². The van der Waals surface area contributed by atoms with Crippen molar-refractivity contribution < 1.29 is 10.2 Å². The van der Waals surface area contributed by atoms with E-state index in [9.17, 15) is 0 Å². The minimum absolute atomic E-state index is 0.125. The van der Waals surface area contributed by atoms with E-state index < -0.39 is 0 Å². The van der Waals surface area contributed by atoms with E-state index in [2.05, 4.69) is 24.5 Å². The fourth-order valence-corrected chi connectivity index (χ4v) is 0.942. The van der Waals surface area contributed by atoms with Crippen LogP contribution >= 0.6 is 0 Å². The topological polar surface area (TPSA) is 64.5 Å². The third kappa shape index (κ3) is 24.8. The number of hydrogen-bond acceptors (Lipinski definition) is 4. The zero-order valence-corrected chi connectivity index (χ0v) is 10.3. The molecule has 0 aliphatic rings. The fourth-order valence-electron chi connectivity index (χ4n) is 0.942. The van der Waals surface area contributed by atoms with Crippen LogP contribution in [0, 0.1) is 0 Å². The second-order valence-electron chi connectivity index (χ2n) is 3.30. The molecule has 0 unspecified atom stereocenters. The van der Waals surface area contributed by atoms with Crippen LogP contribution in [0.15, 0.2) is 0 Å². The molecule has 0 bridgehead atoms. The Balaban J connectivity index is 0. The number of aliphatic hydroxyl groups is 2. The van der Waals surface area contributed by atoms with Gasteiger partial charge in [-0.3, -0.25) is 0 Å². The maximum absolute atomic E-state index is 7.62. The lowest BCUT2D eigenvalue weighted by atomic mass is 10.4. The Labute approximate surface area is 94.1 Å². The molecule has 0 radical (unpaired) electrons. The Morgan fingerprint density at radius 3 is 1.40 bits per heavy atom. The average Bonchev–Trinajstić information content (AvgIpc) is 2.28. The van der Waals surface area contributed by atoms with E-state index in [0.717, 1.165) is 26.2 Å². The molecule has 4 N–H and O–H groups in total. The summed E-state index contributed by atoms with van der Waals surface area (Å²) in [5, 5.41) is 22.0. The van der Waals surface area contributed by atoms with Crippen molar-refractivity contribution in [3.8, 4) is 0 Å². The van der Waals surface area contributed by atoms with Crippen molar-refractivity contribution in [2.75, 3.05) is 39.4 Å². The van der Waals surface area contributed by atoms with Gasteiger partial charge in [-0.15, -0.1) is 0 Å². The molecule has 0 rings (SSSR count). The molecule has 15 heavy (non-hydrogen) atoms. The molecule has 0 heterocycles. The van der Waals surface area contributed by atoms with Gasteiger partial charge in [-0.1, -0.05) is 13.8 Å². The first-order chi connectivity index (χ1) is 7.33. The summed E-state index contributed by atoms with van der Waals surface area (Å²) in [7, 11) is 0. The third-order valence-corrected chi connectivity index (χ3v) is 1.66. The summed E-state index contributed by atoms with van der Waals surface area (Å²) >= 11 is 0. The Morgan fingerprint density at radius 1 is 0.733 bits per heavy atom. The van der Waals surface area contributed by atoms with Crippen LogP contribution in [-0.2, 0) is 0 Å². The van der Waals surface area contributed by atoms with Crippen LogP contribution in [0.1, 0.15) is 33.1 Å². The largest absolute Gasteiger partial charge is 0.394 e. The first-order valence-corrected chi connectivity index (χ1v) is 5.96. The van der Waals surface area contributed by atoms with Crippen LogP contribution in [0.25, 0.3) is 0 Å². The van der Waals surface area contributed by atoms with Crippen LogP contribution in [0.3, 0.4) is 0 Å². The molecule has 0 aliphatic carbocycles. The van der Waals surface area contributed by atoms with Crippen molar-refractivity contribution in [2.24, 2.45) is 0 Å². The molecule has 0 amide bonds. The predicted octanol–water partition coefficient (Wildman–Crippen LogP) is 0.347. The summed E-state index contributed by atoms with van der Waals surface area (Å²) in [6.07, 6.45) is 3.73. The molecule has 0 aromatic rings. The van der Waals surface area contributed by atoms with E-state index in [1.807, 2.05) is 0 Å². The summed E-state index contributed by atoms with van der Waals surface area (Å²) in [4.78, 5) is 0. The van der Waals surface area contributed by atoms with Crippen LogP contribution in [-0.4, -0.2) is 49.6 Å². The molecule has 0 spiro atoms. The zero-order valence-electron chi connectivity index (χ0n) is 10.3. The number of nitrogens with one attached hydrogen (secondary N) is 2. The molecular formula is C11H28N2O2. The van der Waals surface area contributed by atoms with Gasteiger partial charge in [0.15, 0.2) is 0 Å². The lowest BCUT2D eigenvalue weighted by molar-refractivity contribution is 0.186. The molecular weight excluding hydrogens is 192 g/mol. The number of aliphatic hydroxyl groups excluding tert-OH is 2. The van der Waals surface area contributed by atoms with Gasteiger partial charge >= 0.3 is 0 Å². The Hall–Kier alpha value is -0.160. The van der Waals surface area contributed by atoms with Gasteiger partial charge in [0, 0.05) is 0 Å². The lowest BCUT2D eigenvalue weighted by Crippen LogP contribution is -2.22. The first-order valence-electron chi connectivity index (χ1n) is 5.96. The highest BCUT2D eigenvalue weighted by molar-refractivity contribution is 4.50. The first kappa shape index (κ1) is 17.2. The molecule has 0 atom stereocenters. The summed E-state index contributed by atoms with van der Waals surface area (Å²) in [6.45, 7) is 8.78. The highest BCUT2D eigenvalue weighted by Crippen LogP contribution is 1.76. The van der Waals surface area contributed by atoms with Crippen molar-refractivity contribution in [1.82, 2.24) is 10.6 Å². The second-order valence-corrected chi connectivity index (χ2v) is 3.30. The SMILES string of the molecule is CCCNCCCNCCC.OCCO. The Kier molecular flexibility index (Phi) is 22.3. The van der Waals surface area contributed by atoms with Crippen LogP contribution in [0.2, 0.25) is 0 Å². The maximum atomic E-state index is 7.62. The van der Waals surface area contributed by atoms with Crippen LogP contribution in [0.4, 0.5) is 0 Å². The molecule has 0 fully saturated rings. The fraction of sp³-hybridized carbons (Fsp3) is 1.00. The zero-order chi connectivity index (χ0) is 11.8. The van der Waals surface area contributed by atoms with E-state index in [1.165, 1.54) is 19.3 Å². The molecule has 0 aromatic heterocycles. The van der Waals surface area contributed by atoms with Gasteiger partial charge in [0.05, 0.1) is 13.2 Å². The molecule has 0 aromatic carbocycles. The van der Waals surface area contributed by atoms with Crippen molar-refractivity contribution >= 4 is 0 Å². The van der Waals surface area contributed by atoms with E-state index in [0.29, 0.717) is 0 Å². The summed E-state index contributed by atoms with van der Waals surface area (Å²) < 4.78 is 0. The normalized spacial score (nSPS) is 9.60. The Bertz CT molecular complexity index is 82.7. The van der Waals surface area contributed by atoms with Crippen molar-refractivity contribution in [3.63, 3.8) is 0 Å². The maximum Gasteiger partial charge on any atom is 0.0662 e. The smallest absolute Gasteiger partial charge is 0.0662 e. The highest BCUT2D eigenvalue weighted by Gasteiger charge is 1.85. The standard InChI is InChI=1S/C9H22N2.C2H6O2/c1-3-6-10-8-5-9-11-7-4-2;3-1-2-4/h10-11H,3-9H2,1-2H3;3-4H,1-2H2. The van der Waals surface area contributed by atoms with Crippen LogP contribution < -0.4 is 10.6 Å². The van der Waals surface area contributed by atoms with Crippen LogP contribution in [0.5, 0.6) is 0 Å². The minimum atomic E-state index is -0.125. The van der Waals surface area contributed by atoms with Gasteiger partial charge in [-0.05, 0) is 45.4 Å². The predicted molar refractivity (Wildman–Crippen MR) is 65.1 cm³/mol. The van der Waals surface area contributed by atoms with Gasteiger partial charge in [-0.25, -0.2) is 0 Å². The monoisotopic (exact) mass is 220 g/mol. The van der Waals surface area contributed by atoms with Crippen molar-refractivity contribution in [3.05, 3.63) is 0 Å². The quantitative estimate of drug-likeness (QED) is 0.423.